The molecule has 9 heteroatoms. The normalized spacial score (nSPS) is 14.5. The molecule has 0 saturated carbocycles. The van der Waals surface area contributed by atoms with Crippen molar-refractivity contribution in [3.8, 4) is 11.5 Å². The fraction of sp³-hybridized carbons (Fsp3) is 0.346. The molecule has 3 aromatic rings. The summed E-state index contributed by atoms with van der Waals surface area (Å²) in [6.07, 6.45) is 2.08. The number of carbonyl (C=O) groups is 1. The molecule has 2 heterocycles. The van der Waals surface area contributed by atoms with Crippen molar-refractivity contribution in [2.75, 3.05) is 19.7 Å². The Kier molecular flexibility index (Phi) is 7.84. The quantitative estimate of drug-likeness (QED) is 0.462. The van der Waals surface area contributed by atoms with Crippen LogP contribution in [0.2, 0.25) is 0 Å². The van der Waals surface area contributed by atoms with Crippen LogP contribution in [0.5, 0.6) is 11.5 Å². The van der Waals surface area contributed by atoms with Gasteiger partial charge in [-0.25, -0.2) is 0 Å². The van der Waals surface area contributed by atoms with E-state index in [2.05, 4.69) is 9.97 Å². The topological polar surface area (TPSA) is 64.6 Å². The summed E-state index contributed by atoms with van der Waals surface area (Å²) < 4.78 is 51.3. The molecule has 1 fully saturated rings. The Morgan fingerprint density at radius 2 is 1.80 bits per heavy atom. The smallest absolute Gasteiger partial charge is 0.416 e. The number of aromatic nitrogens is 2. The predicted octanol–water partition coefficient (Wildman–Crippen LogP) is 4.73. The standard InChI is InChI=1S/C26H26F3N3O3/c27-26(28,29)24-7-2-1-4-19(24)10-15-34-22-5-3-6-23(17-22)35-21-8-13-32(14-9-21)25(33)16-20-18-30-11-12-31-20/h1-7,11-12,17-18,21H,8-10,13-16H2. The van der Waals surface area contributed by atoms with E-state index in [0.29, 0.717) is 43.1 Å². The van der Waals surface area contributed by atoms with Crippen molar-refractivity contribution in [1.29, 1.82) is 0 Å². The van der Waals surface area contributed by atoms with Crippen LogP contribution in [0.4, 0.5) is 13.2 Å². The first-order chi connectivity index (χ1) is 16.9. The molecule has 1 aliphatic heterocycles. The van der Waals surface area contributed by atoms with Gasteiger partial charge < -0.3 is 14.4 Å². The molecule has 0 unspecified atom stereocenters. The zero-order valence-corrected chi connectivity index (χ0v) is 19.1. The van der Waals surface area contributed by atoms with Crippen molar-refractivity contribution in [2.24, 2.45) is 0 Å². The summed E-state index contributed by atoms with van der Waals surface area (Å²) in [5, 5.41) is 0. The highest BCUT2D eigenvalue weighted by Crippen LogP contribution is 2.32. The summed E-state index contributed by atoms with van der Waals surface area (Å²) in [6, 6.07) is 12.6. The molecular weight excluding hydrogens is 459 g/mol. The number of ether oxygens (including phenoxy) is 2. The van der Waals surface area contributed by atoms with Crippen LogP contribution in [0, 0.1) is 0 Å². The molecule has 6 nitrogen and oxygen atoms in total. The third-order valence-corrected chi connectivity index (χ3v) is 5.81. The first-order valence-electron chi connectivity index (χ1n) is 11.5. The van der Waals surface area contributed by atoms with Gasteiger partial charge in [0.2, 0.25) is 5.91 Å². The first-order valence-corrected chi connectivity index (χ1v) is 11.5. The minimum absolute atomic E-state index is 0.0199. The molecule has 1 aromatic heterocycles. The lowest BCUT2D eigenvalue weighted by atomic mass is 10.0. The molecule has 1 aliphatic rings. The molecule has 0 radical (unpaired) electrons. The van der Waals surface area contributed by atoms with E-state index in [1.54, 1.807) is 42.9 Å². The largest absolute Gasteiger partial charge is 0.493 e. The lowest BCUT2D eigenvalue weighted by Crippen LogP contribution is -2.42. The number of piperidine rings is 1. The lowest BCUT2D eigenvalue weighted by molar-refractivity contribution is -0.138. The number of nitrogens with zero attached hydrogens (tertiary/aromatic N) is 3. The Hall–Kier alpha value is -3.62. The minimum atomic E-state index is -4.39. The van der Waals surface area contributed by atoms with Crippen LogP contribution in [0.3, 0.4) is 0 Å². The Balaban J connectivity index is 1.25. The fourth-order valence-corrected chi connectivity index (χ4v) is 4.03. The van der Waals surface area contributed by atoms with Crippen LogP contribution in [-0.4, -0.2) is 46.6 Å². The van der Waals surface area contributed by atoms with Gasteiger partial charge in [0.1, 0.15) is 17.6 Å². The number of hydrogen-bond acceptors (Lipinski definition) is 5. The average molecular weight is 486 g/mol. The molecule has 0 atom stereocenters. The van der Waals surface area contributed by atoms with Crippen LogP contribution >= 0.6 is 0 Å². The summed E-state index contributed by atoms with van der Waals surface area (Å²) in [6.45, 7) is 1.31. The van der Waals surface area contributed by atoms with Gasteiger partial charge in [-0.2, -0.15) is 13.2 Å². The molecule has 0 bridgehead atoms. The fourth-order valence-electron chi connectivity index (χ4n) is 4.03. The second-order valence-electron chi connectivity index (χ2n) is 8.30. The van der Waals surface area contributed by atoms with E-state index in [1.165, 1.54) is 12.1 Å². The highest BCUT2D eigenvalue weighted by Gasteiger charge is 2.32. The van der Waals surface area contributed by atoms with Gasteiger partial charge in [-0.3, -0.25) is 14.8 Å². The zero-order valence-electron chi connectivity index (χ0n) is 19.1. The summed E-state index contributed by atoms with van der Waals surface area (Å²) in [4.78, 5) is 22.4. The van der Waals surface area contributed by atoms with Gasteiger partial charge in [0.25, 0.3) is 0 Å². The van der Waals surface area contributed by atoms with E-state index in [1.807, 2.05) is 11.0 Å². The van der Waals surface area contributed by atoms with Gasteiger partial charge in [-0.1, -0.05) is 24.3 Å². The number of benzene rings is 2. The zero-order chi connectivity index (χ0) is 24.7. The van der Waals surface area contributed by atoms with Crippen LogP contribution < -0.4 is 9.47 Å². The number of rotatable bonds is 8. The molecule has 2 aromatic carbocycles. The van der Waals surface area contributed by atoms with Crippen LogP contribution in [-0.2, 0) is 23.8 Å². The Morgan fingerprint density at radius 3 is 2.54 bits per heavy atom. The maximum Gasteiger partial charge on any atom is 0.416 e. The van der Waals surface area contributed by atoms with E-state index in [9.17, 15) is 18.0 Å². The molecule has 0 aliphatic carbocycles. The Bertz CT molecular complexity index is 1120. The highest BCUT2D eigenvalue weighted by atomic mass is 19.4. The van der Waals surface area contributed by atoms with Crippen molar-refractivity contribution < 1.29 is 27.4 Å². The average Bonchev–Trinajstić information content (AvgIpc) is 2.85. The number of amides is 1. The van der Waals surface area contributed by atoms with Crippen molar-refractivity contribution >= 4 is 5.91 Å². The Labute approximate surface area is 201 Å². The molecule has 184 valence electrons. The van der Waals surface area contributed by atoms with Crippen LogP contribution in [0.25, 0.3) is 0 Å². The maximum atomic E-state index is 13.2. The third-order valence-electron chi connectivity index (χ3n) is 5.81. The monoisotopic (exact) mass is 485 g/mol. The summed E-state index contributed by atoms with van der Waals surface area (Å²) in [5.74, 6) is 1.18. The van der Waals surface area contributed by atoms with E-state index < -0.39 is 11.7 Å². The number of likely N-dealkylation sites (tertiary alicyclic amines) is 1. The number of alkyl halides is 3. The van der Waals surface area contributed by atoms with Gasteiger partial charge in [0.15, 0.2) is 0 Å². The van der Waals surface area contributed by atoms with Crippen molar-refractivity contribution in [3.05, 3.63) is 83.9 Å². The molecule has 1 amide bonds. The summed E-state index contributed by atoms with van der Waals surface area (Å²) in [7, 11) is 0. The second kappa shape index (κ2) is 11.2. The van der Waals surface area contributed by atoms with Crippen molar-refractivity contribution in [1.82, 2.24) is 14.9 Å². The van der Waals surface area contributed by atoms with Gasteiger partial charge in [0.05, 0.1) is 24.3 Å². The van der Waals surface area contributed by atoms with Crippen molar-refractivity contribution in [2.45, 2.75) is 38.0 Å². The molecule has 0 N–H and O–H groups in total. The number of hydrogen-bond donors (Lipinski definition) is 0. The third kappa shape index (κ3) is 6.94. The first kappa shape index (κ1) is 24.5. The van der Waals surface area contributed by atoms with E-state index in [0.717, 1.165) is 6.07 Å². The van der Waals surface area contributed by atoms with Crippen LogP contribution in [0.15, 0.2) is 67.1 Å². The molecule has 1 saturated heterocycles. The molecule has 35 heavy (non-hydrogen) atoms. The SMILES string of the molecule is O=C(Cc1cnccn1)N1CCC(Oc2cccc(OCCc3ccccc3C(F)(F)F)c2)CC1. The van der Waals surface area contributed by atoms with Gasteiger partial charge >= 0.3 is 6.18 Å². The molecular formula is C26H26F3N3O3. The minimum Gasteiger partial charge on any atom is -0.493 e. The van der Waals surface area contributed by atoms with Gasteiger partial charge in [-0.05, 0) is 23.8 Å². The maximum absolute atomic E-state index is 13.2. The number of halogens is 3. The Morgan fingerprint density at radius 1 is 1.03 bits per heavy atom. The van der Waals surface area contributed by atoms with Gasteiger partial charge in [0, 0.05) is 57.0 Å². The molecule has 0 spiro atoms. The van der Waals surface area contributed by atoms with Crippen LogP contribution in [0.1, 0.15) is 29.7 Å². The van der Waals surface area contributed by atoms with E-state index in [4.69, 9.17) is 9.47 Å². The number of carbonyl (C=O) groups excluding carboxylic acids is 1. The lowest BCUT2D eigenvalue weighted by Gasteiger charge is -2.32. The van der Waals surface area contributed by atoms with E-state index in [-0.39, 0.29) is 37.0 Å². The summed E-state index contributed by atoms with van der Waals surface area (Å²) >= 11 is 0. The van der Waals surface area contributed by atoms with E-state index >= 15 is 0 Å². The summed E-state index contributed by atoms with van der Waals surface area (Å²) in [5.41, 5.74) is 0.213. The predicted molar refractivity (Wildman–Crippen MR) is 123 cm³/mol. The van der Waals surface area contributed by atoms with Gasteiger partial charge in [-0.15, -0.1) is 0 Å². The van der Waals surface area contributed by atoms with Crippen molar-refractivity contribution in [3.63, 3.8) is 0 Å². The highest BCUT2D eigenvalue weighted by molar-refractivity contribution is 5.78. The second-order valence-corrected chi connectivity index (χ2v) is 8.30. The molecule has 4 rings (SSSR count).